The third-order valence-electron chi connectivity index (χ3n) is 3.99. The van der Waals surface area contributed by atoms with Gasteiger partial charge in [-0.3, -0.25) is 14.5 Å². The molecule has 2 rings (SSSR count). The molecular formula is C16H23N3O3. The van der Waals surface area contributed by atoms with E-state index in [9.17, 15) is 9.59 Å². The molecule has 1 heterocycles. The first-order valence-corrected chi connectivity index (χ1v) is 7.58. The predicted molar refractivity (Wildman–Crippen MR) is 84.7 cm³/mol. The van der Waals surface area contributed by atoms with Crippen molar-refractivity contribution in [1.29, 1.82) is 0 Å². The number of hydrogen-bond donors (Lipinski definition) is 2. The highest BCUT2D eigenvalue weighted by molar-refractivity contribution is 5.98. The number of piperidine rings is 1. The summed E-state index contributed by atoms with van der Waals surface area (Å²) in [6.07, 6.45) is 1.43. The number of ether oxygens (including phenoxy) is 1. The molecule has 4 N–H and O–H groups in total. The van der Waals surface area contributed by atoms with Crippen LogP contribution in [0.25, 0.3) is 0 Å². The van der Waals surface area contributed by atoms with Crippen LogP contribution in [0.5, 0.6) is 5.75 Å². The van der Waals surface area contributed by atoms with Gasteiger partial charge in [0, 0.05) is 11.5 Å². The zero-order valence-electron chi connectivity index (χ0n) is 12.9. The number of carbonyl (C=O) groups excluding carboxylic acids is 2. The number of benzene rings is 1. The number of nitrogens with two attached hydrogens (primary N) is 2. The second-order valence-electron chi connectivity index (χ2n) is 5.56. The van der Waals surface area contributed by atoms with E-state index in [2.05, 4.69) is 4.90 Å². The maximum Gasteiger partial charge on any atom is 0.220 e. The standard InChI is InChI=1S/C16H23N3O3/c1-2-22-15-4-3-12(9-13(15)17)14(20)10-19-7-5-11(6-8-19)16(18)21/h3-4,9,11H,2,5-8,10,17H2,1H3,(H2,18,21). The molecule has 0 aliphatic carbocycles. The van der Waals surface area contributed by atoms with Crippen molar-refractivity contribution in [3.63, 3.8) is 0 Å². The number of nitrogen functional groups attached to an aromatic ring is 1. The first kappa shape index (κ1) is 16.3. The molecule has 120 valence electrons. The summed E-state index contributed by atoms with van der Waals surface area (Å²) in [5.74, 6) is 0.311. The van der Waals surface area contributed by atoms with Crippen molar-refractivity contribution < 1.29 is 14.3 Å². The second-order valence-corrected chi connectivity index (χ2v) is 5.56. The van der Waals surface area contributed by atoms with Crippen molar-refractivity contribution in [2.24, 2.45) is 11.7 Å². The molecule has 1 saturated heterocycles. The summed E-state index contributed by atoms with van der Waals surface area (Å²) in [5, 5.41) is 0. The van der Waals surface area contributed by atoms with Gasteiger partial charge in [-0.15, -0.1) is 0 Å². The molecule has 0 spiro atoms. The van der Waals surface area contributed by atoms with Gasteiger partial charge in [-0.05, 0) is 51.1 Å². The zero-order valence-corrected chi connectivity index (χ0v) is 12.9. The fraction of sp³-hybridized carbons (Fsp3) is 0.500. The SMILES string of the molecule is CCOc1ccc(C(=O)CN2CCC(C(N)=O)CC2)cc1N. The first-order chi connectivity index (χ1) is 10.5. The first-order valence-electron chi connectivity index (χ1n) is 7.58. The van der Waals surface area contributed by atoms with E-state index >= 15 is 0 Å². The third kappa shape index (κ3) is 3.98. The largest absolute Gasteiger partial charge is 0.492 e. The molecular weight excluding hydrogens is 282 g/mol. The van der Waals surface area contributed by atoms with Gasteiger partial charge < -0.3 is 16.2 Å². The normalized spacial score (nSPS) is 16.4. The zero-order chi connectivity index (χ0) is 16.1. The number of hydrogen-bond acceptors (Lipinski definition) is 5. The van der Waals surface area contributed by atoms with Crippen LogP contribution in [0.4, 0.5) is 5.69 Å². The van der Waals surface area contributed by atoms with Gasteiger partial charge in [-0.1, -0.05) is 0 Å². The predicted octanol–water partition coefficient (Wildman–Crippen LogP) is 1.05. The summed E-state index contributed by atoms with van der Waals surface area (Å²) >= 11 is 0. The van der Waals surface area contributed by atoms with Crippen molar-refractivity contribution in [2.45, 2.75) is 19.8 Å². The molecule has 0 radical (unpaired) electrons. The van der Waals surface area contributed by atoms with Gasteiger partial charge in [0.25, 0.3) is 0 Å². The quantitative estimate of drug-likeness (QED) is 0.604. The number of carbonyl (C=O) groups is 2. The molecule has 1 amide bonds. The lowest BCUT2D eigenvalue weighted by Gasteiger charge is -2.29. The lowest BCUT2D eigenvalue weighted by atomic mass is 9.96. The Kier molecular flexibility index (Phi) is 5.38. The average Bonchev–Trinajstić information content (AvgIpc) is 2.50. The molecule has 1 aromatic carbocycles. The number of ketones is 1. The van der Waals surface area contributed by atoms with E-state index in [1.54, 1.807) is 18.2 Å². The molecule has 0 atom stereocenters. The highest BCUT2D eigenvalue weighted by Crippen LogP contribution is 2.23. The molecule has 1 fully saturated rings. The molecule has 0 saturated carbocycles. The Morgan fingerprint density at radius 2 is 2.00 bits per heavy atom. The van der Waals surface area contributed by atoms with E-state index in [1.807, 2.05) is 6.92 Å². The molecule has 0 unspecified atom stereocenters. The van der Waals surface area contributed by atoms with Gasteiger partial charge in [0.15, 0.2) is 5.78 Å². The van der Waals surface area contributed by atoms with Crippen LogP contribution in [0, 0.1) is 5.92 Å². The van der Waals surface area contributed by atoms with Crippen LogP contribution in [0.15, 0.2) is 18.2 Å². The average molecular weight is 305 g/mol. The van der Waals surface area contributed by atoms with Gasteiger partial charge in [0.1, 0.15) is 5.75 Å². The molecule has 1 aliphatic heterocycles. The van der Waals surface area contributed by atoms with Crippen LogP contribution in [0.1, 0.15) is 30.1 Å². The summed E-state index contributed by atoms with van der Waals surface area (Å²) < 4.78 is 5.37. The number of nitrogens with zero attached hydrogens (tertiary/aromatic N) is 1. The van der Waals surface area contributed by atoms with Crippen molar-refractivity contribution in [2.75, 3.05) is 32.0 Å². The highest BCUT2D eigenvalue weighted by atomic mass is 16.5. The molecule has 6 heteroatoms. The minimum absolute atomic E-state index is 0.0206. The monoisotopic (exact) mass is 305 g/mol. The molecule has 1 aromatic rings. The fourth-order valence-corrected chi connectivity index (χ4v) is 2.68. The van der Waals surface area contributed by atoms with Gasteiger partial charge in [-0.2, -0.15) is 0 Å². The smallest absolute Gasteiger partial charge is 0.220 e. The van der Waals surface area contributed by atoms with E-state index in [0.717, 1.165) is 0 Å². The van der Waals surface area contributed by atoms with Crippen LogP contribution in [-0.4, -0.2) is 42.8 Å². The number of Topliss-reactive ketones (excluding diaryl/α,β-unsaturated/α-hetero) is 1. The van der Waals surface area contributed by atoms with Crippen LogP contribution in [-0.2, 0) is 4.79 Å². The summed E-state index contributed by atoms with van der Waals surface area (Å²) in [6.45, 7) is 4.18. The third-order valence-corrected chi connectivity index (χ3v) is 3.99. The van der Waals surface area contributed by atoms with Crippen LogP contribution >= 0.6 is 0 Å². The Hall–Kier alpha value is -2.08. The highest BCUT2D eigenvalue weighted by Gasteiger charge is 2.24. The molecule has 6 nitrogen and oxygen atoms in total. The Morgan fingerprint density at radius 1 is 1.32 bits per heavy atom. The van der Waals surface area contributed by atoms with E-state index in [-0.39, 0.29) is 17.6 Å². The Bertz CT molecular complexity index is 552. The molecule has 22 heavy (non-hydrogen) atoms. The number of rotatable bonds is 6. The number of amides is 1. The fourth-order valence-electron chi connectivity index (χ4n) is 2.68. The Morgan fingerprint density at radius 3 is 2.55 bits per heavy atom. The topological polar surface area (TPSA) is 98.6 Å². The summed E-state index contributed by atoms with van der Waals surface area (Å²) in [4.78, 5) is 25.5. The maximum absolute atomic E-state index is 12.3. The van der Waals surface area contributed by atoms with Gasteiger partial charge in [0.05, 0.1) is 18.8 Å². The molecule has 0 bridgehead atoms. The van der Waals surface area contributed by atoms with E-state index in [0.29, 0.717) is 56.1 Å². The second kappa shape index (κ2) is 7.26. The maximum atomic E-state index is 12.3. The molecule has 1 aliphatic rings. The van der Waals surface area contributed by atoms with Crippen molar-refractivity contribution >= 4 is 17.4 Å². The Balaban J connectivity index is 1.93. The number of primary amides is 1. The van der Waals surface area contributed by atoms with Gasteiger partial charge in [-0.25, -0.2) is 0 Å². The summed E-state index contributed by atoms with van der Waals surface area (Å²) in [5.41, 5.74) is 12.3. The lowest BCUT2D eigenvalue weighted by molar-refractivity contribution is -0.123. The summed E-state index contributed by atoms with van der Waals surface area (Å²) in [7, 11) is 0. The van der Waals surface area contributed by atoms with Gasteiger partial charge >= 0.3 is 0 Å². The van der Waals surface area contributed by atoms with Crippen molar-refractivity contribution in [3.05, 3.63) is 23.8 Å². The van der Waals surface area contributed by atoms with Crippen molar-refractivity contribution in [1.82, 2.24) is 4.90 Å². The van der Waals surface area contributed by atoms with E-state index in [4.69, 9.17) is 16.2 Å². The lowest BCUT2D eigenvalue weighted by Crippen LogP contribution is -2.40. The summed E-state index contributed by atoms with van der Waals surface area (Å²) in [6, 6.07) is 5.12. The minimum atomic E-state index is -0.245. The minimum Gasteiger partial charge on any atom is -0.492 e. The van der Waals surface area contributed by atoms with E-state index in [1.165, 1.54) is 0 Å². The van der Waals surface area contributed by atoms with Crippen LogP contribution in [0.2, 0.25) is 0 Å². The molecule has 0 aromatic heterocycles. The van der Waals surface area contributed by atoms with E-state index < -0.39 is 0 Å². The number of anilines is 1. The van der Waals surface area contributed by atoms with Crippen molar-refractivity contribution in [3.8, 4) is 5.75 Å². The van der Waals surface area contributed by atoms with Crippen LogP contribution < -0.4 is 16.2 Å². The van der Waals surface area contributed by atoms with Gasteiger partial charge in [0.2, 0.25) is 5.91 Å². The van der Waals surface area contributed by atoms with Crippen LogP contribution in [0.3, 0.4) is 0 Å². The Labute approximate surface area is 130 Å². The number of likely N-dealkylation sites (tertiary alicyclic amines) is 1.